The van der Waals surface area contributed by atoms with E-state index >= 15 is 0 Å². The van der Waals surface area contributed by atoms with Gasteiger partial charge in [-0.05, 0) is 44.3 Å². The molecule has 3 nitrogen and oxygen atoms in total. The fourth-order valence-corrected chi connectivity index (χ4v) is 12.7. The molecular formula is C48H33AuN2OSi. The van der Waals surface area contributed by atoms with Crippen LogP contribution >= 0.6 is 0 Å². The minimum Gasteiger partial charge on any atom is -0.503 e. The molecule has 8 aromatic rings. The van der Waals surface area contributed by atoms with Gasteiger partial charge in [0.1, 0.15) is 0 Å². The van der Waals surface area contributed by atoms with E-state index in [0.29, 0.717) is 11.5 Å². The molecule has 2 heterocycles. The van der Waals surface area contributed by atoms with E-state index in [1.165, 1.54) is 32.1 Å². The molecule has 1 aliphatic rings. The quantitative estimate of drug-likeness (QED) is 0.118. The summed E-state index contributed by atoms with van der Waals surface area (Å²) in [6.07, 6.45) is 0. The SMILES string of the molecule is Cc1ccc(Oc2[c-]ccc(N3c4ccccc4[Si](c4ccccc4)(c4ccccc4)c4ccccc43)c2)[c-]c1-c1cccc(-c2[c-]cccc2)n1.[Au+3]. The van der Waals surface area contributed by atoms with Crippen molar-refractivity contribution in [3.05, 3.63) is 206 Å². The van der Waals surface area contributed by atoms with Gasteiger partial charge in [-0.15, -0.1) is 77.4 Å². The third-order valence-electron chi connectivity index (χ3n) is 9.87. The molecule has 9 rings (SSSR count). The van der Waals surface area contributed by atoms with E-state index < -0.39 is 8.07 Å². The van der Waals surface area contributed by atoms with E-state index in [-0.39, 0.29) is 22.4 Å². The average Bonchev–Trinajstić information content (AvgIpc) is 3.22. The predicted octanol–water partition coefficient (Wildman–Crippen LogP) is 9.07. The number of nitrogens with zero attached hydrogens (tertiary/aromatic N) is 2. The van der Waals surface area contributed by atoms with E-state index in [1.54, 1.807) is 0 Å². The molecule has 5 heteroatoms. The number of fused-ring (bicyclic) bond motifs is 2. The molecule has 0 saturated carbocycles. The van der Waals surface area contributed by atoms with Gasteiger partial charge in [0.15, 0.2) is 8.07 Å². The Hall–Kier alpha value is -5.75. The van der Waals surface area contributed by atoms with Gasteiger partial charge in [0.2, 0.25) is 0 Å². The number of ether oxygens (including phenoxy) is 1. The van der Waals surface area contributed by atoms with Crippen molar-refractivity contribution < 1.29 is 27.1 Å². The standard InChI is InChI=1S/C48H33N2OSi.Au/c1-35-31-32-39(34-42(35)44-26-16-25-43(49-44)36-17-5-2-6-18-36)51-38-20-15-19-37(33-38)50-45-27-11-13-29-47(45)52(40-21-7-3-8-22-40,41-23-9-4-10-24-41)48-30-14-12-28-46(48)50;/h2-17,19,21-33H,1H3;/q-3;+3. The van der Waals surface area contributed by atoms with Gasteiger partial charge in [0.05, 0.1) is 0 Å². The topological polar surface area (TPSA) is 25.4 Å². The molecule has 0 unspecified atom stereocenters. The summed E-state index contributed by atoms with van der Waals surface area (Å²) in [4.78, 5) is 7.34. The van der Waals surface area contributed by atoms with E-state index in [0.717, 1.165) is 33.8 Å². The molecule has 0 bridgehead atoms. The van der Waals surface area contributed by atoms with Crippen LogP contribution in [-0.2, 0) is 22.4 Å². The number of aryl methyl sites for hydroxylation is 1. The predicted molar refractivity (Wildman–Crippen MR) is 215 cm³/mol. The molecule has 1 aromatic heterocycles. The second-order valence-electron chi connectivity index (χ2n) is 12.9. The summed E-state index contributed by atoms with van der Waals surface area (Å²) in [7, 11) is -2.69. The molecule has 7 aromatic carbocycles. The fraction of sp³-hybridized carbons (Fsp3) is 0.0208. The van der Waals surface area contributed by atoms with Crippen molar-refractivity contribution in [2.45, 2.75) is 6.92 Å². The summed E-state index contributed by atoms with van der Waals surface area (Å²) in [6.45, 7) is 2.07. The number of para-hydroxylation sites is 2. The van der Waals surface area contributed by atoms with E-state index in [4.69, 9.17) is 9.72 Å². The zero-order chi connectivity index (χ0) is 34.9. The second kappa shape index (κ2) is 14.7. The first kappa shape index (κ1) is 34.3. The van der Waals surface area contributed by atoms with Gasteiger partial charge in [0, 0.05) is 22.9 Å². The van der Waals surface area contributed by atoms with E-state index in [9.17, 15) is 0 Å². The Kier molecular flexibility index (Phi) is 9.53. The number of hydrogen-bond donors (Lipinski definition) is 0. The Morgan fingerprint density at radius 3 is 1.83 bits per heavy atom. The molecule has 0 radical (unpaired) electrons. The van der Waals surface area contributed by atoms with Crippen LogP contribution in [0.15, 0.2) is 182 Å². The third kappa shape index (κ3) is 6.16. The van der Waals surface area contributed by atoms with Crippen molar-refractivity contribution in [3.8, 4) is 34.0 Å². The molecule has 0 fully saturated rings. The normalized spacial score (nSPS) is 12.6. The van der Waals surface area contributed by atoms with E-state index in [1.807, 2.05) is 54.6 Å². The maximum atomic E-state index is 6.53. The fourth-order valence-electron chi connectivity index (χ4n) is 7.59. The molecule has 0 atom stereocenters. The molecule has 53 heavy (non-hydrogen) atoms. The minimum absolute atomic E-state index is 0. The van der Waals surface area contributed by atoms with Crippen LogP contribution in [-0.4, -0.2) is 13.1 Å². The number of anilines is 3. The Labute approximate surface area is 327 Å². The summed E-state index contributed by atoms with van der Waals surface area (Å²) in [5.74, 6) is 1.21. The monoisotopic (exact) mass is 878 g/mol. The van der Waals surface area contributed by atoms with Gasteiger partial charge < -0.3 is 14.6 Å². The van der Waals surface area contributed by atoms with Crippen molar-refractivity contribution >= 4 is 45.9 Å². The van der Waals surface area contributed by atoms with Crippen LogP contribution in [0, 0.1) is 25.1 Å². The maximum absolute atomic E-state index is 6.53. The molecular weight excluding hydrogens is 846 g/mol. The summed E-state index contributed by atoms with van der Waals surface area (Å²) >= 11 is 0. The van der Waals surface area contributed by atoms with Crippen LogP contribution in [0.3, 0.4) is 0 Å². The van der Waals surface area contributed by atoms with Crippen molar-refractivity contribution in [3.63, 3.8) is 0 Å². The molecule has 0 amide bonds. The Bertz CT molecular complexity index is 2440. The van der Waals surface area contributed by atoms with Gasteiger partial charge in [-0.2, -0.15) is 6.07 Å². The molecule has 0 aliphatic carbocycles. The van der Waals surface area contributed by atoms with Crippen LogP contribution in [0.25, 0.3) is 22.5 Å². The van der Waals surface area contributed by atoms with Gasteiger partial charge in [-0.3, -0.25) is 0 Å². The first-order valence-electron chi connectivity index (χ1n) is 17.5. The van der Waals surface area contributed by atoms with Crippen molar-refractivity contribution in [2.24, 2.45) is 0 Å². The minimum atomic E-state index is -2.69. The van der Waals surface area contributed by atoms with Crippen LogP contribution in [0.4, 0.5) is 17.1 Å². The maximum Gasteiger partial charge on any atom is 3.00 e. The van der Waals surface area contributed by atoms with Gasteiger partial charge in [-0.1, -0.05) is 134 Å². The second-order valence-corrected chi connectivity index (χ2v) is 16.7. The molecule has 0 N–H and O–H groups in total. The van der Waals surface area contributed by atoms with Crippen molar-refractivity contribution in [2.75, 3.05) is 4.90 Å². The van der Waals surface area contributed by atoms with Crippen LogP contribution in [0.2, 0.25) is 0 Å². The molecule has 0 saturated heterocycles. The Morgan fingerprint density at radius 1 is 0.547 bits per heavy atom. The summed E-state index contributed by atoms with van der Waals surface area (Å²) in [5.41, 5.74) is 7.96. The Morgan fingerprint density at radius 2 is 1.17 bits per heavy atom. The van der Waals surface area contributed by atoms with Crippen LogP contribution < -0.4 is 30.4 Å². The van der Waals surface area contributed by atoms with Crippen molar-refractivity contribution in [1.29, 1.82) is 0 Å². The number of rotatable bonds is 7. The van der Waals surface area contributed by atoms with Crippen LogP contribution in [0.5, 0.6) is 11.5 Å². The van der Waals surface area contributed by atoms with Gasteiger partial charge in [-0.25, -0.2) is 0 Å². The van der Waals surface area contributed by atoms with Crippen LogP contribution in [0.1, 0.15) is 5.56 Å². The molecule has 1 aliphatic heterocycles. The zero-order valence-electron chi connectivity index (χ0n) is 28.9. The van der Waals surface area contributed by atoms with E-state index in [2.05, 4.69) is 157 Å². The smallest absolute Gasteiger partial charge is 0.503 e. The first-order valence-corrected chi connectivity index (χ1v) is 19.5. The Balaban J connectivity index is 0.00000400. The number of benzene rings is 7. The summed E-state index contributed by atoms with van der Waals surface area (Å²) in [5, 5.41) is 5.42. The average molecular weight is 879 g/mol. The number of pyridine rings is 1. The molecule has 256 valence electrons. The zero-order valence-corrected chi connectivity index (χ0v) is 32.1. The number of aromatic nitrogens is 1. The third-order valence-corrected chi connectivity index (χ3v) is 14.7. The van der Waals surface area contributed by atoms with Gasteiger partial charge >= 0.3 is 22.4 Å². The van der Waals surface area contributed by atoms with Gasteiger partial charge in [0.25, 0.3) is 0 Å². The summed E-state index contributed by atoms with van der Waals surface area (Å²) in [6, 6.07) is 74.2. The molecule has 0 spiro atoms. The number of hydrogen-bond acceptors (Lipinski definition) is 3. The summed E-state index contributed by atoms with van der Waals surface area (Å²) < 4.78 is 6.53. The first-order chi connectivity index (χ1) is 25.7. The largest absolute Gasteiger partial charge is 3.00 e. The van der Waals surface area contributed by atoms with Crippen molar-refractivity contribution in [1.82, 2.24) is 4.98 Å².